The van der Waals surface area contributed by atoms with Gasteiger partial charge in [0.2, 0.25) is 0 Å². The molecule has 2 heterocycles. The van der Waals surface area contributed by atoms with Crippen LogP contribution in [0, 0.1) is 0 Å². The van der Waals surface area contributed by atoms with Crippen LogP contribution in [0.3, 0.4) is 0 Å². The van der Waals surface area contributed by atoms with Crippen LogP contribution in [0.4, 0.5) is 0 Å². The Labute approximate surface area is 317 Å². The molecule has 4 nitrogen and oxygen atoms in total. The van der Waals surface area contributed by atoms with Gasteiger partial charge in [-0.25, -0.2) is 15.0 Å². The van der Waals surface area contributed by atoms with Crippen molar-refractivity contribution < 1.29 is 0 Å². The number of nitrogens with zero attached hydrogens (tertiary/aromatic N) is 4. The van der Waals surface area contributed by atoms with Gasteiger partial charge >= 0.3 is 0 Å². The molecule has 0 saturated carbocycles. The van der Waals surface area contributed by atoms with E-state index in [9.17, 15) is 0 Å². The van der Waals surface area contributed by atoms with Gasteiger partial charge in [0.05, 0.1) is 17.8 Å². The molecule has 0 N–H and O–H groups in total. The first kappa shape index (κ1) is 32.1. The second-order valence-corrected chi connectivity index (χ2v) is 14.8. The lowest BCUT2D eigenvalue weighted by Gasteiger charge is -2.17. The number of aromatic nitrogens is 1. The van der Waals surface area contributed by atoms with E-state index >= 15 is 0 Å². The molecule has 9 aromatic rings. The van der Waals surface area contributed by atoms with Crippen LogP contribution < -0.4 is 0 Å². The summed E-state index contributed by atoms with van der Waals surface area (Å²) in [4.78, 5) is 20.3. The third kappa shape index (κ3) is 5.53. The molecule has 7 aromatic carbocycles. The molecule has 0 fully saturated rings. The third-order valence-corrected chi connectivity index (χ3v) is 11.7. The Bertz CT molecular complexity index is 3030. The second-order valence-electron chi connectivity index (χ2n) is 13.7. The minimum Gasteiger partial charge on any atom is -0.261 e. The predicted molar refractivity (Wildman–Crippen MR) is 231 cm³/mol. The van der Waals surface area contributed by atoms with E-state index in [4.69, 9.17) is 15.0 Å². The first-order valence-electron chi connectivity index (χ1n) is 18.3. The lowest BCUT2D eigenvalue weighted by Crippen LogP contribution is -2.10. The van der Waals surface area contributed by atoms with Gasteiger partial charge < -0.3 is 0 Å². The van der Waals surface area contributed by atoms with Gasteiger partial charge in [0.15, 0.2) is 11.7 Å². The zero-order chi connectivity index (χ0) is 36.0. The van der Waals surface area contributed by atoms with Crippen molar-refractivity contribution in [2.45, 2.75) is 19.4 Å². The lowest BCUT2D eigenvalue weighted by molar-refractivity contribution is 0.981. The van der Waals surface area contributed by atoms with Crippen LogP contribution in [0.2, 0.25) is 0 Å². The second kappa shape index (κ2) is 13.4. The van der Waals surface area contributed by atoms with Gasteiger partial charge in [-0.2, -0.15) is 0 Å². The number of rotatable bonds is 5. The van der Waals surface area contributed by atoms with Gasteiger partial charge in [-0.3, -0.25) is 4.99 Å². The Balaban J connectivity index is 1.14. The van der Waals surface area contributed by atoms with Gasteiger partial charge in [-0.1, -0.05) is 140 Å². The van der Waals surface area contributed by atoms with Crippen LogP contribution >= 0.6 is 11.3 Å². The number of fused-ring (bicyclic) bond motifs is 9. The highest BCUT2D eigenvalue weighted by atomic mass is 32.1. The van der Waals surface area contributed by atoms with E-state index in [0.29, 0.717) is 18.2 Å². The Morgan fingerprint density at radius 3 is 2.28 bits per heavy atom. The summed E-state index contributed by atoms with van der Waals surface area (Å²) in [6, 6.07) is 53.6. The molecule has 0 spiro atoms. The average molecular weight is 711 g/mol. The minimum absolute atomic E-state index is 0.474. The van der Waals surface area contributed by atoms with Crippen LogP contribution in [0.25, 0.3) is 69.5 Å². The quantitative estimate of drug-likeness (QED) is 0.0996. The van der Waals surface area contributed by atoms with Crippen molar-refractivity contribution in [2.75, 3.05) is 0 Å². The molecule has 0 unspecified atom stereocenters. The number of aryl methyl sites for hydroxylation is 1. The Morgan fingerprint density at radius 2 is 1.39 bits per heavy atom. The number of amidine groups is 2. The van der Waals surface area contributed by atoms with E-state index in [1.807, 2.05) is 11.3 Å². The van der Waals surface area contributed by atoms with E-state index in [-0.39, 0.29) is 0 Å². The highest BCUT2D eigenvalue weighted by Crippen LogP contribution is 2.43. The molecule has 0 bridgehead atoms. The molecule has 54 heavy (non-hydrogen) atoms. The van der Waals surface area contributed by atoms with Crippen LogP contribution in [0.5, 0.6) is 0 Å². The van der Waals surface area contributed by atoms with Crippen LogP contribution in [-0.2, 0) is 13.0 Å². The number of aliphatic imine (C=N–C) groups is 3. The van der Waals surface area contributed by atoms with Crippen molar-refractivity contribution in [1.29, 1.82) is 0 Å². The molecular formula is C49H34N4S. The fraction of sp³-hybridized carbons (Fsp3) is 0.0612. The summed E-state index contributed by atoms with van der Waals surface area (Å²) < 4.78 is 2.54. The summed E-state index contributed by atoms with van der Waals surface area (Å²) in [7, 11) is 0. The van der Waals surface area contributed by atoms with Gasteiger partial charge in [-0.05, 0) is 70.6 Å². The zero-order valence-electron chi connectivity index (χ0n) is 29.5. The Morgan fingerprint density at radius 1 is 0.630 bits per heavy atom. The molecule has 0 saturated heterocycles. The van der Waals surface area contributed by atoms with E-state index < -0.39 is 0 Å². The largest absolute Gasteiger partial charge is 0.261 e. The normalized spacial score (nSPS) is 13.5. The highest BCUT2D eigenvalue weighted by Gasteiger charge is 2.19. The maximum Gasteiger partial charge on any atom is 0.161 e. The monoisotopic (exact) mass is 710 g/mol. The maximum atomic E-state index is 5.35. The molecule has 256 valence electrons. The van der Waals surface area contributed by atoms with Crippen LogP contribution in [-0.4, -0.2) is 23.4 Å². The van der Waals surface area contributed by atoms with Crippen molar-refractivity contribution in [3.05, 3.63) is 180 Å². The third-order valence-electron chi connectivity index (χ3n) is 10.6. The van der Waals surface area contributed by atoms with Crippen molar-refractivity contribution in [2.24, 2.45) is 15.0 Å². The molecule has 10 rings (SSSR count). The number of allylic oxidation sites excluding steroid dienone is 1. The summed E-state index contributed by atoms with van der Waals surface area (Å²) in [5.74, 6) is 1.19. The highest BCUT2D eigenvalue weighted by molar-refractivity contribution is 7.26. The average Bonchev–Trinajstić information content (AvgIpc) is 3.62. The smallest absolute Gasteiger partial charge is 0.161 e. The summed E-state index contributed by atoms with van der Waals surface area (Å²) >= 11 is 1.83. The summed E-state index contributed by atoms with van der Waals surface area (Å²) in [6.07, 6.45) is 4.16. The Kier molecular flexibility index (Phi) is 8.00. The molecular weight excluding hydrogens is 677 g/mol. The number of thiophene rings is 1. The van der Waals surface area contributed by atoms with E-state index in [2.05, 4.69) is 169 Å². The first-order valence-corrected chi connectivity index (χ1v) is 19.1. The van der Waals surface area contributed by atoms with E-state index in [1.165, 1.54) is 47.3 Å². The van der Waals surface area contributed by atoms with Crippen molar-refractivity contribution in [3.8, 4) is 11.3 Å². The SMILES string of the molecule is C=NC(=NC(=NCc1cccc2ccccc12)c1ccc(-c2nc3ccccc3c3ccc4sc5ccccc5c4c23)cc1)C1=CCCc2ccccc21. The van der Waals surface area contributed by atoms with E-state index in [1.54, 1.807) is 0 Å². The molecule has 5 heteroatoms. The van der Waals surface area contributed by atoms with Gasteiger partial charge in [0.25, 0.3) is 0 Å². The van der Waals surface area contributed by atoms with E-state index in [0.717, 1.165) is 57.3 Å². The van der Waals surface area contributed by atoms with Gasteiger partial charge in [0.1, 0.15) is 0 Å². The van der Waals surface area contributed by atoms with Gasteiger partial charge in [-0.15, -0.1) is 11.3 Å². The summed E-state index contributed by atoms with van der Waals surface area (Å²) in [5, 5.41) is 8.45. The maximum absolute atomic E-state index is 5.35. The minimum atomic E-state index is 0.474. The number of pyridine rings is 1. The van der Waals surface area contributed by atoms with Gasteiger partial charge in [0, 0.05) is 47.6 Å². The summed E-state index contributed by atoms with van der Waals surface area (Å²) in [5.41, 5.74) is 8.49. The van der Waals surface area contributed by atoms with Crippen molar-refractivity contribution in [3.63, 3.8) is 0 Å². The molecule has 0 radical (unpaired) electrons. The predicted octanol–water partition coefficient (Wildman–Crippen LogP) is 12.7. The topological polar surface area (TPSA) is 50.0 Å². The van der Waals surface area contributed by atoms with Crippen molar-refractivity contribution >= 4 is 87.9 Å². The number of benzene rings is 7. The number of hydrogen-bond donors (Lipinski definition) is 0. The fourth-order valence-corrected chi connectivity index (χ4v) is 9.12. The first-order chi connectivity index (χ1) is 26.7. The Hall–Kier alpha value is -6.56. The van der Waals surface area contributed by atoms with Crippen LogP contribution in [0.15, 0.2) is 173 Å². The standard InChI is InChI=1S/C49H34N4S/c1-50-49(40-21-11-15-32-13-3-5-18-37(32)40)53-48(51-30-35-16-10-14-31-12-2-4-17-36(31)35)34-26-24-33(25-27-34)47-46-39(38-19-6-8-22-42(38)52-47)28-29-44-45(46)41-20-7-9-23-43(41)54-44/h2-10,12-14,16-29H,1,11,15,30H2. The lowest BCUT2D eigenvalue weighted by atomic mass is 9.90. The number of hydrogen-bond acceptors (Lipinski definition) is 3. The van der Waals surface area contributed by atoms with Crippen molar-refractivity contribution in [1.82, 2.24) is 4.98 Å². The molecule has 1 aliphatic carbocycles. The molecule has 0 amide bonds. The molecule has 0 atom stereocenters. The fourth-order valence-electron chi connectivity index (χ4n) is 8.01. The molecule has 1 aliphatic rings. The zero-order valence-corrected chi connectivity index (χ0v) is 30.4. The van der Waals surface area contributed by atoms with Crippen LogP contribution in [0.1, 0.15) is 28.7 Å². The number of para-hydroxylation sites is 1. The summed E-state index contributed by atoms with van der Waals surface area (Å²) in [6.45, 7) is 4.45. The molecule has 0 aliphatic heterocycles. The molecule has 2 aromatic heterocycles.